The van der Waals surface area contributed by atoms with Gasteiger partial charge in [0.1, 0.15) is 18.5 Å². The number of carbonyl (C=O) groups is 1. The highest BCUT2D eigenvalue weighted by atomic mass is 35.5. The molecule has 1 saturated carbocycles. The Morgan fingerprint density at radius 2 is 2.06 bits per heavy atom. The van der Waals surface area contributed by atoms with Crippen LogP contribution < -0.4 is 0 Å². The molecule has 2 aromatic rings. The molecule has 0 aliphatic heterocycles. The quantitative estimate of drug-likeness (QED) is 0.248. The molecule has 1 heterocycles. The second-order valence-corrected chi connectivity index (χ2v) is 10.4. The number of aliphatic hydroxyl groups excluding tert-OH is 1. The van der Waals surface area contributed by atoms with E-state index in [1.165, 1.54) is 0 Å². The van der Waals surface area contributed by atoms with Gasteiger partial charge in [0, 0.05) is 35.0 Å². The second-order valence-electron chi connectivity index (χ2n) is 8.61. The Kier molecular flexibility index (Phi) is 10.8. The number of thioether (sulfide) groups is 1. The van der Waals surface area contributed by atoms with Crippen molar-refractivity contribution in [3.63, 3.8) is 0 Å². The number of rotatable bonds is 13. The van der Waals surface area contributed by atoms with Crippen LogP contribution in [0.2, 0.25) is 0 Å². The summed E-state index contributed by atoms with van der Waals surface area (Å²) in [5.41, 5.74) is 1.15. The highest BCUT2D eigenvalue weighted by Crippen LogP contribution is 2.45. The zero-order chi connectivity index (χ0) is 24.5. The summed E-state index contributed by atoms with van der Waals surface area (Å²) in [6.07, 6.45) is 3.58. The number of hydrogen-bond donors (Lipinski definition) is 1. The van der Waals surface area contributed by atoms with Crippen molar-refractivity contribution in [1.82, 2.24) is 0 Å². The van der Waals surface area contributed by atoms with Crippen LogP contribution in [0, 0.1) is 5.92 Å². The smallest absolute Gasteiger partial charge is 0.374 e. The zero-order valence-corrected chi connectivity index (χ0v) is 21.3. The summed E-state index contributed by atoms with van der Waals surface area (Å²) in [5, 5.41) is 8.53. The summed E-state index contributed by atoms with van der Waals surface area (Å²) in [7, 11) is 1.73. The fraction of sp³-hybridized carbons (Fsp3) is 0.577. The number of halogens is 2. The van der Waals surface area contributed by atoms with Crippen molar-refractivity contribution in [3.05, 3.63) is 53.5 Å². The molecule has 0 spiro atoms. The standard InChI is InChI=1S/C26H34ClFO5S/c1-3-5-23(31-2)17-8-11-19(12-9-17)34-25-20(22(28)16-21(25)27)7-4-6-18-10-13-24(33-18)26(30)32-15-14-29/h8-13,20-23,25,29H,3-7,14-16H2,1-2H3/t20-,21?,22?,23?,25?/m0/s1. The van der Waals surface area contributed by atoms with E-state index in [1.54, 1.807) is 31.0 Å². The number of furan rings is 1. The second kappa shape index (κ2) is 13.5. The fourth-order valence-electron chi connectivity index (χ4n) is 4.45. The summed E-state index contributed by atoms with van der Waals surface area (Å²) < 4.78 is 30.8. The zero-order valence-electron chi connectivity index (χ0n) is 19.8. The van der Waals surface area contributed by atoms with Crippen molar-refractivity contribution in [2.75, 3.05) is 20.3 Å². The summed E-state index contributed by atoms with van der Waals surface area (Å²) >= 11 is 8.23. The van der Waals surface area contributed by atoms with Gasteiger partial charge in [-0.15, -0.1) is 23.4 Å². The lowest BCUT2D eigenvalue weighted by atomic mass is 9.98. The summed E-state index contributed by atoms with van der Waals surface area (Å²) in [6, 6.07) is 11.6. The predicted molar refractivity (Wildman–Crippen MR) is 132 cm³/mol. The number of hydrogen-bond acceptors (Lipinski definition) is 6. The number of esters is 1. The van der Waals surface area contributed by atoms with Crippen LogP contribution in [-0.4, -0.2) is 48.2 Å². The van der Waals surface area contributed by atoms with Crippen molar-refractivity contribution in [2.24, 2.45) is 5.92 Å². The molecular formula is C26H34ClFO5S. The van der Waals surface area contributed by atoms with Crippen LogP contribution >= 0.6 is 23.4 Å². The SMILES string of the molecule is CCCC(OC)c1ccc(SC2C(Cl)CC(F)[C@@H]2CCCc2ccc(C(=O)OCCO)o2)cc1. The van der Waals surface area contributed by atoms with Crippen LogP contribution in [0.1, 0.15) is 67.0 Å². The van der Waals surface area contributed by atoms with Crippen LogP contribution in [0.4, 0.5) is 4.39 Å². The highest BCUT2D eigenvalue weighted by Gasteiger charge is 2.42. The Bertz CT molecular complexity index is 890. The minimum atomic E-state index is -0.928. The third-order valence-corrected chi connectivity index (χ3v) is 8.29. The van der Waals surface area contributed by atoms with Gasteiger partial charge in [0.15, 0.2) is 0 Å². The van der Waals surface area contributed by atoms with Crippen LogP contribution in [0.5, 0.6) is 0 Å². The Morgan fingerprint density at radius 3 is 2.74 bits per heavy atom. The largest absolute Gasteiger partial charge is 0.457 e. The molecule has 1 aliphatic rings. The highest BCUT2D eigenvalue weighted by molar-refractivity contribution is 8.00. The molecule has 1 aromatic carbocycles. The van der Waals surface area contributed by atoms with Crippen LogP contribution in [0.15, 0.2) is 45.7 Å². The first kappa shape index (κ1) is 27.1. The van der Waals surface area contributed by atoms with Gasteiger partial charge in [-0.1, -0.05) is 25.5 Å². The molecule has 8 heteroatoms. The Labute approximate surface area is 210 Å². The molecule has 0 amide bonds. The van der Waals surface area contributed by atoms with E-state index in [9.17, 15) is 9.18 Å². The van der Waals surface area contributed by atoms with Gasteiger partial charge in [0.05, 0.1) is 12.7 Å². The topological polar surface area (TPSA) is 68.9 Å². The van der Waals surface area contributed by atoms with Gasteiger partial charge in [-0.05, 0) is 55.5 Å². The first-order valence-corrected chi connectivity index (χ1v) is 13.2. The average molecular weight is 513 g/mol. The number of methoxy groups -OCH3 is 1. The molecule has 1 aromatic heterocycles. The molecule has 0 bridgehead atoms. The maximum atomic E-state index is 14.8. The van der Waals surface area contributed by atoms with Crippen molar-refractivity contribution in [2.45, 2.75) is 73.2 Å². The van der Waals surface area contributed by atoms with Gasteiger partial charge in [-0.2, -0.15) is 0 Å². The average Bonchev–Trinajstić information content (AvgIpc) is 3.41. The molecule has 4 unspecified atom stereocenters. The Morgan fingerprint density at radius 1 is 1.29 bits per heavy atom. The third kappa shape index (κ3) is 7.23. The van der Waals surface area contributed by atoms with Gasteiger partial charge >= 0.3 is 5.97 Å². The van der Waals surface area contributed by atoms with E-state index in [0.717, 1.165) is 29.7 Å². The molecule has 0 saturated heterocycles. The van der Waals surface area contributed by atoms with E-state index in [1.807, 2.05) is 0 Å². The van der Waals surface area contributed by atoms with Gasteiger partial charge in [0.2, 0.25) is 5.76 Å². The van der Waals surface area contributed by atoms with E-state index in [2.05, 4.69) is 31.2 Å². The van der Waals surface area contributed by atoms with Gasteiger partial charge < -0.3 is 19.0 Å². The maximum Gasteiger partial charge on any atom is 0.374 e. The third-order valence-electron chi connectivity index (χ3n) is 6.20. The van der Waals surface area contributed by atoms with E-state index in [4.69, 9.17) is 30.6 Å². The Balaban J connectivity index is 1.55. The van der Waals surface area contributed by atoms with Crippen LogP contribution in [0.3, 0.4) is 0 Å². The van der Waals surface area contributed by atoms with Gasteiger partial charge in [-0.25, -0.2) is 9.18 Å². The van der Waals surface area contributed by atoms with E-state index in [0.29, 0.717) is 25.0 Å². The molecule has 188 valence electrons. The fourth-order valence-corrected chi connectivity index (χ4v) is 6.31. The molecule has 1 fully saturated rings. The maximum absolute atomic E-state index is 14.8. The number of benzene rings is 1. The number of carbonyl (C=O) groups excluding carboxylic acids is 1. The number of alkyl halides is 2. The van der Waals surface area contributed by atoms with Gasteiger partial charge in [0.25, 0.3) is 0 Å². The molecular weight excluding hydrogens is 479 g/mol. The lowest BCUT2D eigenvalue weighted by molar-refractivity contribution is 0.0397. The predicted octanol–water partition coefficient (Wildman–Crippen LogP) is 6.37. The van der Waals surface area contributed by atoms with E-state index in [-0.39, 0.29) is 41.6 Å². The van der Waals surface area contributed by atoms with Gasteiger partial charge in [-0.3, -0.25) is 0 Å². The normalized spacial score (nSPS) is 23.2. The summed E-state index contributed by atoms with van der Waals surface area (Å²) in [5.74, 6) is 0.0354. The van der Waals surface area contributed by atoms with Crippen molar-refractivity contribution in [1.29, 1.82) is 0 Å². The molecule has 5 nitrogen and oxygen atoms in total. The van der Waals surface area contributed by atoms with E-state index < -0.39 is 12.1 Å². The minimum Gasteiger partial charge on any atom is -0.457 e. The van der Waals surface area contributed by atoms with Crippen LogP contribution in [0.25, 0.3) is 0 Å². The van der Waals surface area contributed by atoms with Crippen molar-refractivity contribution >= 4 is 29.3 Å². The van der Waals surface area contributed by atoms with Crippen molar-refractivity contribution in [3.8, 4) is 0 Å². The number of aryl methyl sites for hydroxylation is 1. The first-order valence-electron chi connectivity index (χ1n) is 11.9. The molecule has 5 atom stereocenters. The lowest BCUT2D eigenvalue weighted by Gasteiger charge is -2.22. The minimum absolute atomic E-state index is 0.00278. The first-order chi connectivity index (χ1) is 16.5. The van der Waals surface area contributed by atoms with E-state index >= 15 is 0 Å². The monoisotopic (exact) mass is 512 g/mol. The number of aliphatic hydroxyl groups is 1. The Hall–Kier alpha value is -1.54. The molecule has 3 rings (SSSR count). The molecule has 1 aliphatic carbocycles. The molecule has 34 heavy (non-hydrogen) atoms. The summed E-state index contributed by atoms with van der Waals surface area (Å²) in [6.45, 7) is 1.84. The van der Waals surface area contributed by atoms with Crippen molar-refractivity contribution < 1.29 is 28.2 Å². The molecule has 1 N–H and O–H groups in total. The number of ether oxygens (including phenoxy) is 2. The summed E-state index contributed by atoms with van der Waals surface area (Å²) in [4.78, 5) is 12.9. The molecule has 0 radical (unpaired) electrons. The lowest BCUT2D eigenvalue weighted by Crippen LogP contribution is -2.21. The van der Waals surface area contributed by atoms with Crippen LogP contribution in [-0.2, 0) is 15.9 Å².